The molecule has 3 N–H and O–H groups in total. The van der Waals surface area contributed by atoms with Crippen LogP contribution in [0.4, 0.5) is 17.1 Å². The van der Waals surface area contributed by atoms with Crippen LogP contribution >= 0.6 is 11.3 Å². The Kier molecular flexibility index (Phi) is 5.26. The van der Waals surface area contributed by atoms with E-state index in [0.29, 0.717) is 32.0 Å². The van der Waals surface area contributed by atoms with Crippen LogP contribution < -0.4 is 15.8 Å². The van der Waals surface area contributed by atoms with Gasteiger partial charge in [0.15, 0.2) is 0 Å². The molecule has 31 heavy (non-hydrogen) atoms. The Morgan fingerprint density at radius 3 is 2.58 bits per heavy atom. The summed E-state index contributed by atoms with van der Waals surface area (Å²) >= 11 is 1.17. The number of nitrogens with zero attached hydrogens (tertiary/aromatic N) is 2. The van der Waals surface area contributed by atoms with Gasteiger partial charge in [0.2, 0.25) is 0 Å². The summed E-state index contributed by atoms with van der Waals surface area (Å²) in [5.74, 6) is 0.310. The standard InChI is InChI=1S/C22H18N4O4S/c1-12-3-6-14(11-18(12)26(28)29)24-21(27)20-19(23)16-9-10-17(25-22(16)31-20)13-4-7-15(30-2)8-5-13/h3-11H,23H2,1-2H3,(H,24,27). The van der Waals surface area contributed by atoms with Gasteiger partial charge >= 0.3 is 0 Å². The number of nitro benzene ring substituents is 1. The van der Waals surface area contributed by atoms with Crippen molar-refractivity contribution in [3.63, 3.8) is 0 Å². The fourth-order valence-electron chi connectivity index (χ4n) is 3.16. The van der Waals surface area contributed by atoms with Gasteiger partial charge in [0, 0.05) is 28.3 Å². The fourth-order valence-corrected chi connectivity index (χ4v) is 4.15. The van der Waals surface area contributed by atoms with E-state index >= 15 is 0 Å². The maximum atomic E-state index is 12.8. The smallest absolute Gasteiger partial charge is 0.274 e. The zero-order valence-corrected chi connectivity index (χ0v) is 17.5. The van der Waals surface area contributed by atoms with Crippen molar-refractivity contribution in [1.29, 1.82) is 0 Å². The van der Waals surface area contributed by atoms with Gasteiger partial charge in [0.05, 0.1) is 23.4 Å². The molecule has 0 radical (unpaired) electrons. The van der Waals surface area contributed by atoms with E-state index in [-0.39, 0.29) is 5.69 Å². The number of ether oxygens (including phenoxy) is 1. The highest BCUT2D eigenvalue weighted by molar-refractivity contribution is 7.21. The summed E-state index contributed by atoms with van der Waals surface area (Å²) in [6.07, 6.45) is 0. The summed E-state index contributed by atoms with van der Waals surface area (Å²) < 4.78 is 5.18. The summed E-state index contributed by atoms with van der Waals surface area (Å²) in [5.41, 5.74) is 8.97. The van der Waals surface area contributed by atoms with Crippen molar-refractivity contribution in [2.24, 2.45) is 0 Å². The van der Waals surface area contributed by atoms with E-state index in [0.717, 1.165) is 17.0 Å². The summed E-state index contributed by atoms with van der Waals surface area (Å²) in [4.78, 5) is 29.0. The number of thiophene rings is 1. The second-order valence-corrected chi connectivity index (χ2v) is 7.83. The number of carbonyl (C=O) groups is 1. The predicted octanol–water partition coefficient (Wildman–Crippen LogP) is 5.02. The second-order valence-electron chi connectivity index (χ2n) is 6.84. The number of amides is 1. The molecule has 8 nitrogen and oxygen atoms in total. The molecule has 0 atom stereocenters. The van der Waals surface area contributed by atoms with Crippen LogP contribution in [0, 0.1) is 17.0 Å². The molecule has 156 valence electrons. The Morgan fingerprint density at radius 1 is 1.16 bits per heavy atom. The highest BCUT2D eigenvalue weighted by Crippen LogP contribution is 2.35. The van der Waals surface area contributed by atoms with Crippen molar-refractivity contribution in [3.05, 3.63) is 75.2 Å². The number of methoxy groups -OCH3 is 1. The van der Waals surface area contributed by atoms with Crippen LogP contribution in [-0.4, -0.2) is 22.9 Å². The van der Waals surface area contributed by atoms with Gasteiger partial charge < -0.3 is 15.8 Å². The highest BCUT2D eigenvalue weighted by Gasteiger charge is 2.19. The van der Waals surface area contributed by atoms with Crippen molar-refractivity contribution in [2.45, 2.75) is 6.92 Å². The zero-order valence-electron chi connectivity index (χ0n) is 16.7. The molecular weight excluding hydrogens is 416 g/mol. The monoisotopic (exact) mass is 434 g/mol. The van der Waals surface area contributed by atoms with Gasteiger partial charge in [-0.25, -0.2) is 4.98 Å². The molecule has 0 fully saturated rings. The Bertz CT molecular complexity index is 1320. The molecule has 2 heterocycles. The van der Waals surface area contributed by atoms with Gasteiger partial charge in [-0.05, 0) is 49.4 Å². The number of rotatable bonds is 5. The minimum Gasteiger partial charge on any atom is -0.497 e. The number of nitrogens with two attached hydrogens (primary N) is 1. The number of hydrogen-bond donors (Lipinski definition) is 2. The van der Waals surface area contributed by atoms with Crippen molar-refractivity contribution in [3.8, 4) is 17.0 Å². The summed E-state index contributed by atoms with van der Waals surface area (Å²) in [6, 6.07) is 15.7. The second kappa shape index (κ2) is 8.04. The first-order chi connectivity index (χ1) is 14.9. The number of anilines is 2. The quantitative estimate of drug-likeness (QED) is 0.336. The van der Waals surface area contributed by atoms with Gasteiger partial charge in [-0.2, -0.15) is 0 Å². The molecule has 0 aliphatic carbocycles. The third-order valence-electron chi connectivity index (χ3n) is 4.85. The lowest BCUT2D eigenvalue weighted by molar-refractivity contribution is -0.385. The Balaban J connectivity index is 1.65. The zero-order chi connectivity index (χ0) is 22.1. The van der Waals surface area contributed by atoms with Crippen molar-refractivity contribution >= 4 is 44.5 Å². The van der Waals surface area contributed by atoms with Gasteiger partial charge in [0.25, 0.3) is 11.6 Å². The van der Waals surface area contributed by atoms with Crippen LogP contribution in [-0.2, 0) is 0 Å². The summed E-state index contributed by atoms with van der Waals surface area (Å²) in [6.45, 7) is 1.64. The molecule has 0 bridgehead atoms. The molecule has 4 rings (SSSR count). The Labute approximate surface area is 181 Å². The van der Waals surface area contributed by atoms with E-state index in [9.17, 15) is 14.9 Å². The molecule has 9 heteroatoms. The lowest BCUT2D eigenvalue weighted by atomic mass is 10.1. The van der Waals surface area contributed by atoms with Crippen LogP contribution in [0.15, 0.2) is 54.6 Å². The average Bonchev–Trinajstić information content (AvgIpc) is 3.11. The van der Waals surface area contributed by atoms with Crippen LogP contribution in [0.3, 0.4) is 0 Å². The third kappa shape index (κ3) is 3.90. The largest absolute Gasteiger partial charge is 0.497 e. The van der Waals surface area contributed by atoms with Crippen molar-refractivity contribution in [2.75, 3.05) is 18.2 Å². The third-order valence-corrected chi connectivity index (χ3v) is 5.96. The van der Waals surface area contributed by atoms with E-state index in [1.807, 2.05) is 36.4 Å². The minimum atomic E-state index is -0.483. The molecule has 0 aliphatic heterocycles. The summed E-state index contributed by atoms with van der Waals surface area (Å²) in [7, 11) is 1.61. The Morgan fingerprint density at radius 2 is 1.90 bits per heavy atom. The summed E-state index contributed by atoms with van der Waals surface area (Å²) in [5, 5.41) is 14.5. The number of hydrogen-bond acceptors (Lipinski definition) is 7. The molecule has 0 unspecified atom stereocenters. The molecule has 0 spiro atoms. The number of nitro groups is 1. The first kappa shape index (κ1) is 20.3. The van der Waals surface area contributed by atoms with Crippen LogP contribution in [0.2, 0.25) is 0 Å². The average molecular weight is 434 g/mol. The number of aryl methyl sites for hydroxylation is 1. The van der Waals surface area contributed by atoms with Gasteiger partial charge in [-0.3, -0.25) is 14.9 Å². The lowest BCUT2D eigenvalue weighted by Crippen LogP contribution is -2.12. The van der Waals surface area contributed by atoms with Crippen molar-refractivity contribution in [1.82, 2.24) is 4.98 Å². The highest BCUT2D eigenvalue weighted by atomic mass is 32.1. The number of aromatic nitrogens is 1. The van der Waals surface area contributed by atoms with Crippen LogP contribution in [0.1, 0.15) is 15.2 Å². The van der Waals surface area contributed by atoms with E-state index in [2.05, 4.69) is 10.3 Å². The molecule has 1 amide bonds. The number of carbonyl (C=O) groups excluding carboxylic acids is 1. The Hall–Kier alpha value is -3.98. The van der Waals surface area contributed by atoms with Gasteiger partial charge in [-0.1, -0.05) is 6.07 Å². The molecule has 0 saturated carbocycles. The molecule has 2 aromatic carbocycles. The fraction of sp³-hybridized carbons (Fsp3) is 0.0909. The number of fused-ring (bicyclic) bond motifs is 1. The number of nitrogen functional groups attached to an aromatic ring is 1. The van der Waals surface area contributed by atoms with E-state index < -0.39 is 10.8 Å². The normalized spacial score (nSPS) is 10.8. The maximum absolute atomic E-state index is 12.8. The predicted molar refractivity (Wildman–Crippen MR) is 122 cm³/mol. The molecule has 0 saturated heterocycles. The topological polar surface area (TPSA) is 120 Å². The SMILES string of the molecule is COc1ccc(-c2ccc3c(N)c(C(=O)Nc4ccc(C)c([N+](=O)[O-])c4)sc3n2)cc1. The van der Waals surface area contributed by atoms with E-state index in [4.69, 9.17) is 10.5 Å². The number of nitrogens with one attached hydrogen (secondary N) is 1. The number of benzene rings is 2. The first-order valence-corrected chi connectivity index (χ1v) is 10.1. The molecular formula is C22H18N4O4S. The number of pyridine rings is 1. The molecule has 4 aromatic rings. The first-order valence-electron chi connectivity index (χ1n) is 9.27. The maximum Gasteiger partial charge on any atom is 0.274 e. The van der Waals surface area contributed by atoms with Crippen molar-refractivity contribution < 1.29 is 14.5 Å². The van der Waals surface area contributed by atoms with Gasteiger partial charge in [-0.15, -0.1) is 11.3 Å². The van der Waals surface area contributed by atoms with Crippen LogP contribution in [0.25, 0.3) is 21.5 Å². The van der Waals surface area contributed by atoms with Gasteiger partial charge in [0.1, 0.15) is 15.5 Å². The van der Waals surface area contributed by atoms with E-state index in [1.54, 1.807) is 26.2 Å². The molecule has 2 aromatic heterocycles. The lowest BCUT2D eigenvalue weighted by Gasteiger charge is -2.05. The van der Waals surface area contributed by atoms with E-state index in [1.165, 1.54) is 17.4 Å². The molecule has 0 aliphatic rings. The minimum absolute atomic E-state index is 0.0621. The van der Waals surface area contributed by atoms with Crippen LogP contribution in [0.5, 0.6) is 5.75 Å².